The molecule has 1 aliphatic rings. The van der Waals surface area contributed by atoms with Crippen LogP contribution < -0.4 is 14.8 Å². The molecule has 1 saturated heterocycles. The van der Waals surface area contributed by atoms with Gasteiger partial charge in [0.05, 0.1) is 14.2 Å². The van der Waals surface area contributed by atoms with Gasteiger partial charge in [0, 0.05) is 31.8 Å². The van der Waals surface area contributed by atoms with Crippen molar-refractivity contribution in [3.8, 4) is 11.5 Å². The molecule has 0 unspecified atom stereocenters. The Morgan fingerprint density at radius 1 is 1.21 bits per heavy atom. The number of urea groups is 1. The summed E-state index contributed by atoms with van der Waals surface area (Å²) in [5, 5.41) is 2.75. The second kappa shape index (κ2) is 7.67. The number of carbonyl (C=O) groups is 3. The highest BCUT2D eigenvalue weighted by Gasteiger charge is 2.32. The van der Waals surface area contributed by atoms with Crippen LogP contribution in [0.1, 0.15) is 12.8 Å². The van der Waals surface area contributed by atoms with Crippen molar-refractivity contribution in [2.24, 2.45) is 0 Å². The number of rotatable bonds is 7. The second-order valence-electron chi connectivity index (χ2n) is 5.41. The molecule has 0 saturated carbocycles. The number of imide groups is 1. The van der Waals surface area contributed by atoms with Crippen molar-refractivity contribution in [2.45, 2.75) is 12.8 Å². The smallest absolute Gasteiger partial charge is 0.326 e. The summed E-state index contributed by atoms with van der Waals surface area (Å²) in [6.45, 7) is 0.331. The molecule has 2 rings (SSSR count). The molecule has 1 N–H and O–H groups in total. The first-order valence-electron chi connectivity index (χ1n) is 7.53. The zero-order valence-electron chi connectivity index (χ0n) is 14.0. The summed E-state index contributed by atoms with van der Waals surface area (Å²) in [5.41, 5.74) is 0.589. The molecule has 0 spiro atoms. The van der Waals surface area contributed by atoms with Crippen LogP contribution in [-0.2, 0) is 9.59 Å². The third kappa shape index (κ3) is 3.95. The van der Waals surface area contributed by atoms with Crippen LogP contribution in [0.25, 0.3) is 0 Å². The fraction of sp³-hybridized carbons (Fsp3) is 0.438. The molecule has 0 aliphatic carbocycles. The highest BCUT2D eigenvalue weighted by molar-refractivity contribution is 6.01. The van der Waals surface area contributed by atoms with Crippen LogP contribution in [0.4, 0.5) is 10.5 Å². The van der Waals surface area contributed by atoms with E-state index in [0.29, 0.717) is 23.6 Å². The van der Waals surface area contributed by atoms with E-state index in [-0.39, 0.29) is 37.4 Å². The van der Waals surface area contributed by atoms with Crippen LogP contribution >= 0.6 is 0 Å². The fourth-order valence-corrected chi connectivity index (χ4v) is 2.42. The van der Waals surface area contributed by atoms with Gasteiger partial charge in [0.1, 0.15) is 6.54 Å². The van der Waals surface area contributed by atoms with Crippen molar-refractivity contribution >= 4 is 23.5 Å². The third-order valence-electron chi connectivity index (χ3n) is 3.68. The Balaban J connectivity index is 1.83. The molecule has 130 valence electrons. The summed E-state index contributed by atoms with van der Waals surface area (Å²) < 4.78 is 10.3. The monoisotopic (exact) mass is 335 g/mol. The van der Waals surface area contributed by atoms with Gasteiger partial charge in [-0.2, -0.15) is 0 Å². The zero-order valence-corrected chi connectivity index (χ0v) is 14.0. The van der Waals surface area contributed by atoms with Crippen molar-refractivity contribution in [3.63, 3.8) is 0 Å². The average Bonchev–Trinajstić information content (AvgIpc) is 2.80. The normalized spacial score (nSPS) is 14.1. The molecule has 4 amide bonds. The van der Waals surface area contributed by atoms with Crippen molar-refractivity contribution in [2.75, 3.05) is 39.7 Å². The number of nitrogens with one attached hydrogen (secondary N) is 1. The van der Waals surface area contributed by atoms with Gasteiger partial charge in [-0.05, 0) is 18.6 Å². The van der Waals surface area contributed by atoms with Crippen molar-refractivity contribution in [3.05, 3.63) is 18.2 Å². The Kier molecular flexibility index (Phi) is 5.62. The first kappa shape index (κ1) is 17.6. The van der Waals surface area contributed by atoms with E-state index in [0.717, 1.165) is 0 Å². The minimum absolute atomic E-state index is 0.0939. The van der Waals surface area contributed by atoms with Gasteiger partial charge in [0.15, 0.2) is 11.5 Å². The molecule has 8 heteroatoms. The Labute approximate surface area is 140 Å². The summed E-state index contributed by atoms with van der Waals surface area (Å²) in [6.07, 6.45) is 0.611. The number of hydrogen-bond donors (Lipinski definition) is 1. The van der Waals surface area contributed by atoms with Gasteiger partial charge >= 0.3 is 6.03 Å². The number of anilines is 1. The van der Waals surface area contributed by atoms with Crippen LogP contribution in [0, 0.1) is 0 Å². The van der Waals surface area contributed by atoms with Gasteiger partial charge in [-0.1, -0.05) is 0 Å². The molecule has 0 radical (unpaired) electrons. The molecule has 1 fully saturated rings. The molecule has 1 aliphatic heterocycles. The quantitative estimate of drug-likeness (QED) is 0.759. The summed E-state index contributed by atoms with van der Waals surface area (Å²) in [7, 11) is 4.63. The predicted octanol–water partition coefficient (Wildman–Crippen LogP) is 1.32. The molecule has 8 nitrogen and oxygen atoms in total. The number of benzene rings is 1. The predicted molar refractivity (Wildman–Crippen MR) is 87.1 cm³/mol. The van der Waals surface area contributed by atoms with Crippen molar-refractivity contribution in [1.29, 1.82) is 0 Å². The average molecular weight is 335 g/mol. The molecule has 0 bridgehead atoms. The maximum absolute atomic E-state index is 12.0. The van der Waals surface area contributed by atoms with Crippen molar-refractivity contribution < 1.29 is 23.9 Å². The molecule has 0 atom stereocenters. The van der Waals surface area contributed by atoms with E-state index in [9.17, 15) is 14.4 Å². The van der Waals surface area contributed by atoms with Gasteiger partial charge in [0.2, 0.25) is 11.8 Å². The Hall–Kier alpha value is -2.77. The topological polar surface area (TPSA) is 88.2 Å². The first-order valence-corrected chi connectivity index (χ1v) is 7.53. The lowest BCUT2D eigenvalue weighted by Gasteiger charge is -2.14. The minimum Gasteiger partial charge on any atom is -0.493 e. The number of nitrogens with zero attached hydrogens (tertiary/aromatic N) is 2. The standard InChI is InChI=1S/C16H21N3O5/c1-18-10-15(21)19(16(18)22)8-4-5-14(20)17-11-6-7-12(23-2)13(9-11)24-3/h6-7,9H,4-5,8,10H2,1-3H3,(H,17,20). The molecular weight excluding hydrogens is 314 g/mol. The van der Waals surface area contributed by atoms with E-state index >= 15 is 0 Å². The van der Waals surface area contributed by atoms with Crippen LogP contribution in [0.15, 0.2) is 18.2 Å². The molecule has 24 heavy (non-hydrogen) atoms. The molecule has 1 aromatic carbocycles. The van der Waals surface area contributed by atoms with Crippen LogP contribution in [-0.4, -0.2) is 62.0 Å². The van der Waals surface area contributed by atoms with E-state index in [1.807, 2.05) is 0 Å². The number of methoxy groups -OCH3 is 2. The van der Waals surface area contributed by atoms with E-state index in [1.165, 1.54) is 24.0 Å². The maximum Gasteiger partial charge on any atom is 0.326 e. The third-order valence-corrected chi connectivity index (χ3v) is 3.68. The lowest BCUT2D eigenvalue weighted by molar-refractivity contribution is -0.125. The lowest BCUT2D eigenvalue weighted by atomic mass is 10.2. The number of likely N-dealkylation sites (N-methyl/N-ethyl adjacent to an activating group) is 1. The van der Waals surface area contributed by atoms with Gasteiger partial charge in [-0.25, -0.2) is 4.79 Å². The Morgan fingerprint density at radius 2 is 1.92 bits per heavy atom. The molecular formula is C16H21N3O5. The van der Waals surface area contributed by atoms with E-state index in [4.69, 9.17) is 9.47 Å². The highest BCUT2D eigenvalue weighted by Crippen LogP contribution is 2.29. The van der Waals surface area contributed by atoms with Gasteiger partial charge in [0.25, 0.3) is 0 Å². The molecule has 0 aromatic heterocycles. The fourth-order valence-electron chi connectivity index (χ4n) is 2.42. The number of amides is 4. The van der Waals surface area contributed by atoms with Crippen LogP contribution in [0.3, 0.4) is 0 Å². The summed E-state index contributed by atoms with van der Waals surface area (Å²) >= 11 is 0. The van der Waals surface area contributed by atoms with Crippen LogP contribution in [0.2, 0.25) is 0 Å². The van der Waals surface area contributed by atoms with E-state index in [1.54, 1.807) is 25.2 Å². The van der Waals surface area contributed by atoms with Gasteiger partial charge in [-0.15, -0.1) is 0 Å². The number of hydrogen-bond acceptors (Lipinski definition) is 5. The van der Waals surface area contributed by atoms with Crippen LogP contribution in [0.5, 0.6) is 11.5 Å². The Bertz CT molecular complexity index is 647. The highest BCUT2D eigenvalue weighted by atomic mass is 16.5. The second-order valence-corrected chi connectivity index (χ2v) is 5.41. The zero-order chi connectivity index (χ0) is 17.7. The lowest BCUT2D eigenvalue weighted by Crippen LogP contribution is -2.32. The number of carbonyl (C=O) groups excluding carboxylic acids is 3. The molecule has 1 heterocycles. The van der Waals surface area contributed by atoms with E-state index in [2.05, 4.69) is 5.32 Å². The summed E-state index contributed by atoms with van der Waals surface area (Å²) in [5.74, 6) is 0.662. The molecule has 1 aromatic rings. The first-order chi connectivity index (χ1) is 11.5. The van der Waals surface area contributed by atoms with E-state index < -0.39 is 0 Å². The van der Waals surface area contributed by atoms with Crippen molar-refractivity contribution in [1.82, 2.24) is 9.80 Å². The summed E-state index contributed by atoms with van der Waals surface area (Å²) in [4.78, 5) is 37.9. The minimum atomic E-state index is -0.319. The largest absolute Gasteiger partial charge is 0.493 e. The summed E-state index contributed by atoms with van der Waals surface area (Å²) in [6, 6.07) is 4.76. The number of ether oxygens (including phenoxy) is 2. The SMILES string of the molecule is COc1ccc(NC(=O)CCCN2C(=O)CN(C)C2=O)cc1OC. The van der Waals surface area contributed by atoms with Gasteiger partial charge in [-0.3, -0.25) is 14.5 Å². The Morgan fingerprint density at radius 3 is 2.50 bits per heavy atom. The maximum atomic E-state index is 12.0. The van der Waals surface area contributed by atoms with Gasteiger partial charge < -0.3 is 19.7 Å².